The van der Waals surface area contributed by atoms with E-state index in [4.69, 9.17) is 9.73 Å². The van der Waals surface area contributed by atoms with Crippen molar-refractivity contribution in [1.29, 1.82) is 0 Å². The molecule has 5 nitrogen and oxygen atoms in total. The number of rotatable bonds is 4. The van der Waals surface area contributed by atoms with Crippen molar-refractivity contribution in [1.82, 2.24) is 0 Å². The number of anilines is 1. The number of imide groups is 1. The maximum atomic E-state index is 14.4. The molecule has 186 valence electrons. The molecular formula is C32H23BrN2O3. The predicted molar refractivity (Wildman–Crippen MR) is 150 cm³/mol. The van der Waals surface area contributed by atoms with Crippen molar-refractivity contribution in [2.75, 3.05) is 12.0 Å². The number of carbonyl (C=O) groups is 2. The lowest BCUT2D eigenvalue weighted by molar-refractivity contribution is -0.122. The van der Waals surface area contributed by atoms with Gasteiger partial charge in [-0.1, -0.05) is 70.5 Å². The molecule has 38 heavy (non-hydrogen) atoms. The zero-order chi connectivity index (χ0) is 26.0. The molecule has 0 N–H and O–H groups in total. The van der Waals surface area contributed by atoms with Gasteiger partial charge in [0, 0.05) is 16.6 Å². The van der Waals surface area contributed by atoms with Crippen molar-refractivity contribution in [3.8, 4) is 5.75 Å². The van der Waals surface area contributed by atoms with Crippen molar-refractivity contribution in [2.24, 2.45) is 16.8 Å². The van der Waals surface area contributed by atoms with Crippen LogP contribution in [-0.4, -0.2) is 25.1 Å². The molecule has 1 saturated heterocycles. The first-order valence-corrected chi connectivity index (χ1v) is 13.4. The quantitative estimate of drug-likeness (QED) is 0.213. The van der Waals surface area contributed by atoms with Crippen LogP contribution >= 0.6 is 15.9 Å². The van der Waals surface area contributed by atoms with Gasteiger partial charge < -0.3 is 4.74 Å². The van der Waals surface area contributed by atoms with Gasteiger partial charge in [-0.05, 0) is 64.7 Å². The number of methoxy groups -OCH3 is 1. The molecule has 4 aromatic carbocycles. The number of benzene rings is 4. The summed E-state index contributed by atoms with van der Waals surface area (Å²) in [7, 11) is 1.59. The third-order valence-electron chi connectivity index (χ3n) is 8.24. The van der Waals surface area contributed by atoms with Gasteiger partial charge >= 0.3 is 0 Å². The lowest BCUT2D eigenvalue weighted by atomic mass is 9.47. The SMILES string of the molecule is COc1ccc(N2C(=O)[C@@H]3[C@@H](C2=O)C2c4ccccc4C3(C=Nc3cccc(Br)c3)c3ccccc32)cc1. The molecule has 3 aliphatic carbocycles. The molecule has 1 fully saturated rings. The van der Waals surface area contributed by atoms with Gasteiger partial charge in [0.05, 0.1) is 35.7 Å². The van der Waals surface area contributed by atoms with E-state index in [1.54, 1.807) is 31.4 Å². The van der Waals surface area contributed by atoms with Crippen LogP contribution in [-0.2, 0) is 15.0 Å². The largest absolute Gasteiger partial charge is 0.497 e. The van der Waals surface area contributed by atoms with Crippen LogP contribution in [0.25, 0.3) is 0 Å². The standard InChI is InChI=1S/C32H23BrN2O3/c1-38-22-15-13-21(14-16-22)35-30(36)28-27-23-9-2-4-11-25(23)32(29(28)31(35)37,26-12-5-3-10-24(26)27)18-34-20-8-6-7-19(33)17-20/h2-18,27-29H,1H3/t27?,28-,29-,32?/m0/s1. The fourth-order valence-electron chi connectivity index (χ4n) is 6.77. The molecule has 0 radical (unpaired) electrons. The average Bonchev–Trinajstić information content (AvgIpc) is 3.23. The number of amides is 2. The minimum atomic E-state index is -0.886. The minimum Gasteiger partial charge on any atom is -0.497 e. The van der Waals surface area contributed by atoms with Crippen LogP contribution in [0.5, 0.6) is 5.75 Å². The lowest BCUT2D eigenvalue weighted by Crippen LogP contribution is -2.54. The molecule has 0 saturated carbocycles. The van der Waals surface area contributed by atoms with Crippen LogP contribution < -0.4 is 9.64 Å². The second kappa shape index (κ2) is 8.50. The molecule has 2 bridgehead atoms. The van der Waals surface area contributed by atoms with Crippen LogP contribution in [0, 0.1) is 11.8 Å². The Hall–Kier alpha value is -4.03. The second-order valence-corrected chi connectivity index (χ2v) is 10.9. The number of ether oxygens (including phenoxy) is 1. The molecule has 6 heteroatoms. The molecule has 1 heterocycles. The van der Waals surface area contributed by atoms with E-state index < -0.39 is 17.3 Å². The van der Waals surface area contributed by atoms with Crippen LogP contribution in [0.15, 0.2) is 107 Å². The number of carbonyl (C=O) groups excluding carboxylic acids is 2. The summed E-state index contributed by atoms with van der Waals surface area (Å²) in [5.41, 5.74) is 4.71. The zero-order valence-electron chi connectivity index (χ0n) is 20.5. The molecule has 4 aromatic rings. The van der Waals surface area contributed by atoms with Gasteiger partial charge in [0.15, 0.2) is 0 Å². The summed E-state index contributed by atoms with van der Waals surface area (Å²) in [4.78, 5) is 34.9. The predicted octanol–water partition coefficient (Wildman–Crippen LogP) is 6.41. The summed E-state index contributed by atoms with van der Waals surface area (Å²) < 4.78 is 6.22. The monoisotopic (exact) mass is 562 g/mol. The number of hydrogen-bond donors (Lipinski definition) is 0. The van der Waals surface area contributed by atoms with Gasteiger partial charge in [-0.25, -0.2) is 4.90 Å². The number of hydrogen-bond acceptors (Lipinski definition) is 4. The Balaban J connectivity index is 1.48. The second-order valence-electron chi connectivity index (χ2n) is 9.97. The maximum Gasteiger partial charge on any atom is 0.239 e. The normalized spacial score (nSPS) is 24.9. The molecule has 2 amide bonds. The smallest absolute Gasteiger partial charge is 0.239 e. The van der Waals surface area contributed by atoms with Crippen molar-refractivity contribution < 1.29 is 14.3 Å². The fourth-order valence-corrected chi connectivity index (χ4v) is 7.16. The highest BCUT2D eigenvalue weighted by Gasteiger charge is 2.67. The number of nitrogens with zero attached hydrogens (tertiary/aromatic N) is 2. The lowest BCUT2D eigenvalue weighted by Gasteiger charge is -2.52. The summed E-state index contributed by atoms with van der Waals surface area (Å²) >= 11 is 3.54. The molecule has 2 atom stereocenters. The number of halogens is 1. The van der Waals surface area contributed by atoms with Crippen LogP contribution in [0.2, 0.25) is 0 Å². The first-order chi connectivity index (χ1) is 18.5. The van der Waals surface area contributed by atoms with Crippen LogP contribution in [0.3, 0.4) is 0 Å². The number of aliphatic imine (C=N–C) groups is 1. The molecule has 0 unspecified atom stereocenters. The van der Waals surface area contributed by atoms with E-state index in [0.29, 0.717) is 11.4 Å². The van der Waals surface area contributed by atoms with E-state index in [1.165, 1.54) is 4.90 Å². The van der Waals surface area contributed by atoms with E-state index in [9.17, 15) is 9.59 Å². The summed E-state index contributed by atoms with van der Waals surface area (Å²) in [6.45, 7) is 0. The van der Waals surface area contributed by atoms with Gasteiger partial charge in [-0.2, -0.15) is 0 Å². The van der Waals surface area contributed by atoms with Gasteiger partial charge in [0.2, 0.25) is 11.8 Å². The molecule has 1 aliphatic heterocycles. The fraction of sp³-hybridized carbons (Fsp3) is 0.156. The van der Waals surface area contributed by atoms with Crippen molar-refractivity contribution in [2.45, 2.75) is 11.3 Å². The first kappa shape index (κ1) is 23.1. The van der Waals surface area contributed by atoms with E-state index in [-0.39, 0.29) is 17.7 Å². The Kier molecular flexibility index (Phi) is 5.17. The topological polar surface area (TPSA) is 59.0 Å². The van der Waals surface area contributed by atoms with Gasteiger partial charge in [0.1, 0.15) is 5.75 Å². The first-order valence-electron chi connectivity index (χ1n) is 12.6. The third-order valence-corrected chi connectivity index (χ3v) is 8.73. The van der Waals surface area contributed by atoms with E-state index in [2.05, 4.69) is 40.2 Å². The van der Waals surface area contributed by atoms with Crippen molar-refractivity contribution >= 4 is 45.3 Å². The van der Waals surface area contributed by atoms with Gasteiger partial charge in [-0.15, -0.1) is 0 Å². The Labute approximate surface area is 228 Å². The highest BCUT2D eigenvalue weighted by molar-refractivity contribution is 9.10. The van der Waals surface area contributed by atoms with Crippen LogP contribution in [0.1, 0.15) is 28.2 Å². The van der Waals surface area contributed by atoms with Gasteiger partial charge in [0.25, 0.3) is 0 Å². The molecule has 4 aliphatic rings. The Morgan fingerprint density at radius 3 is 2.13 bits per heavy atom. The van der Waals surface area contributed by atoms with Crippen molar-refractivity contribution in [3.63, 3.8) is 0 Å². The molecular weight excluding hydrogens is 540 g/mol. The minimum absolute atomic E-state index is 0.167. The van der Waals surface area contributed by atoms with Crippen LogP contribution in [0.4, 0.5) is 11.4 Å². The Bertz CT molecular complexity index is 1600. The summed E-state index contributed by atoms with van der Waals surface area (Å²) in [6.07, 6.45) is 1.92. The third kappa shape index (κ3) is 3.07. The molecule has 0 spiro atoms. The van der Waals surface area contributed by atoms with E-state index >= 15 is 0 Å². The highest BCUT2D eigenvalue weighted by atomic mass is 79.9. The Morgan fingerprint density at radius 1 is 0.842 bits per heavy atom. The zero-order valence-corrected chi connectivity index (χ0v) is 22.1. The summed E-state index contributed by atoms with van der Waals surface area (Å²) in [5, 5.41) is 0. The molecule has 8 rings (SSSR count). The maximum absolute atomic E-state index is 14.4. The average molecular weight is 563 g/mol. The van der Waals surface area contributed by atoms with E-state index in [0.717, 1.165) is 32.4 Å². The summed E-state index contributed by atoms with van der Waals surface area (Å²) in [6, 6.07) is 31.3. The van der Waals surface area contributed by atoms with Crippen molar-refractivity contribution in [3.05, 3.63) is 124 Å². The van der Waals surface area contributed by atoms with Gasteiger partial charge in [-0.3, -0.25) is 14.6 Å². The Morgan fingerprint density at radius 2 is 1.50 bits per heavy atom. The summed E-state index contributed by atoms with van der Waals surface area (Å²) in [5.74, 6) is -1.03. The highest BCUT2D eigenvalue weighted by Crippen LogP contribution is 2.63. The molecule has 0 aromatic heterocycles. The van der Waals surface area contributed by atoms with E-state index in [1.807, 2.05) is 54.7 Å².